The number of hydrogen-bond donors (Lipinski definition) is 0. The van der Waals surface area contributed by atoms with Gasteiger partial charge < -0.3 is 0 Å². The van der Waals surface area contributed by atoms with Crippen LogP contribution in [0.5, 0.6) is 0 Å². The van der Waals surface area contributed by atoms with Crippen molar-refractivity contribution < 1.29 is 0 Å². The van der Waals surface area contributed by atoms with Crippen molar-refractivity contribution in [3.63, 3.8) is 0 Å². The van der Waals surface area contributed by atoms with Gasteiger partial charge in [-0.2, -0.15) is 0 Å². The van der Waals surface area contributed by atoms with E-state index in [2.05, 4.69) is 0 Å². The summed E-state index contributed by atoms with van der Waals surface area (Å²) in [7, 11) is 0. The van der Waals surface area contributed by atoms with Gasteiger partial charge in [-0.1, -0.05) is 0 Å². The number of hydrogen-bond acceptors (Lipinski definition) is 1. The zero-order valence-electron chi connectivity index (χ0n) is 6.71. The van der Waals surface area contributed by atoms with Crippen molar-refractivity contribution >= 4 is 5.71 Å². The van der Waals surface area contributed by atoms with Gasteiger partial charge >= 0.3 is 0 Å². The van der Waals surface area contributed by atoms with Crippen LogP contribution < -0.4 is 0 Å². The average Bonchev–Trinajstić information content (AvgIpc) is 2.61. The molecule has 0 radical (unpaired) electrons. The fraction of sp³-hybridized carbons (Fsp3) is 0.900. The van der Waals surface area contributed by atoms with Gasteiger partial charge in [-0.05, 0) is 49.9 Å². The van der Waals surface area contributed by atoms with Crippen molar-refractivity contribution in [3.8, 4) is 0 Å². The molecule has 11 heavy (non-hydrogen) atoms. The van der Waals surface area contributed by atoms with E-state index in [0.29, 0.717) is 5.54 Å². The lowest BCUT2D eigenvalue weighted by molar-refractivity contribution is 0.119. The highest BCUT2D eigenvalue weighted by Gasteiger charge is 2.62. The Morgan fingerprint density at radius 3 is 2.45 bits per heavy atom. The summed E-state index contributed by atoms with van der Waals surface area (Å²) in [6.45, 7) is 0. The van der Waals surface area contributed by atoms with Crippen molar-refractivity contribution in [3.05, 3.63) is 0 Å². The Morgan fingerprint density at radius 1 is 1.09 bits per heavy atom. The Morgan fingerprint density at radius 2 is 1.82 bits per heavy atom. The molecule has 4 saturated carbocycles. The van der Waals surface area contributed by atoms with Crippen LogP contribution in [0.3, 0.4) is 0 Å². The molecule has 0 saturated heterocycles. The SMILES string of the molecule is C1C2CC3CC1CC1(C2)N=C31. The zero-order chi connectivity index (χ0) is 7.05. The van der Waals surface area contributed by atoms with E-state index in [9.17, 15) is 0 Å². The fourth-order valence-electron chi connectivity index (χ4n) is 4.13. The van der Waals surface area contributed by atoms with Gasteiger partial charge in [0.15, 0.2) is 0 Å². The molecule has 0 aromatic carbocycles. The van der Waals surface area contributed by atoms with E-state index in [-0.39, 0.29) is 0 Å². The third-order valence-electron chi connectivity index (χ3n) is 4.30. The predicted octanol–water partition coefficient (Wildman–Crippen LogP) is 2.02. The summed E-state index contributed by atoms with van der Waals surface area (Å²) in [5, 5.41) is 0. The monoisotopic (exact) mass is 147 g/mol. The molecule has 1 heterocycles. The smallest absolute Gasteiger partial charge is 0.0991 e. The van der Waals surface area contributed by atoms with Crippen molar-refractivity contribution in [2.45, 2.75) is 37.6 Å². The quantitative estimate of drug-likeness (QED) is 0.497. The van der Waals surface area contributed by atoms with E-state index >= 15 is 0 Å². The topological polar surface area (TPSA) is 12.4 Å². The highest BCUT2D eigenvalue weighted by atomic mass is 15.1. The number of rotatable bonds is 0. The van der Waals surface area contributed by atoms with E-state index in [0.717, 1.165) is 17.8 Å². The molecule has 4 bridgehead atoms. The second-order valence-electron chi connectivity index (χ2n) is 5.07. The molecule has 1 aliphatic heterocycles. The third kappa shape index (κ3) is 0.473. The van der Waals surface area contributed by atoms with Gasteiger partial charge in [-0.15, -0.1) is 0 Å². The molecule has 5 rings (SSSR count). The molecule has 2 unspecified atom stereocenters. The van der Waals surface area contributed by atoms with Crippen molar-refractivity contribution in [2.75, 3.05) is 0 Å². The molecule has 0 aromatic heterocycles. The van der Waals surface area contributed by atoms with Crippen LogP contribution in [0.15, 0.2) is 4.99 Å². The molecular weight excluding hydrogens is 134 g/mol. The second kappa shape index (κ2) is 1.30. The minimum absolute atomic E-state index is 0.509. The van der Waals surface area contributed by atoms with E-state index in [1.807, 2.05) is 0 Å². The minimum atomic E-state index is 0.509. The lowest BCUT2D eigenvalue weighted by Crippen LogP contribution is -2.46. The van der Waals surface area contributed by atoms with Crippen LogP contribution in [0.1, 0.15) is 32.1 Å². The van der Waals surface area contributed by atoms with Crippen LogP contribution in [-0.2, 0) is 0 Å². The summed E-state index contributed by atoms with van der Waals surface area (Å²) in [4.78, 5) is 4.75. The van der Waals surface area contributed by atoms with E-state index in [1.54, 1.807) is 12.1 Å². The maximum Gasteiger partial charge on any atom is 0.0991 e. The molecule has 1 nitrogen and oxygen atoms in total. The van der Waals surface area contributed by atoms with Crippen LogP contribution in [0, 0.1) is 17.8 Å². The molecule has 1 spiro atoms. The molecule has 2 atom stereocenters. The van der Waals surface area contributed by atoms with Gasteiger partial charge in [-0.25, -0.2) is 0 Å². The predicted molar refractivity (Wildman–Crippen MR) is 43.7 cm³/mol. The van der Waals surface area contributed by atoms with E-state index < -0.39 is 0 Å². The first-order chi connectivity index (χ1) is 5.36. The van der Waals surface area contributed by atoms with Crippen LogP contribution in [0.2, 0.25) is 0 Å². The molecule has 58 valence electrons. The molecule has 0 aromatic rings. The van der Waals surface area contributed by atoms with Crippen LogP contribution in [-0.4, -0.2) is 11.3 Å². The zero-order valence-corrected chi connectivity index (χ0v) is 6.71. The van der Waals surface area contributed by atoms with Gasteiger partial charge in [0, 0.05) is 5.71 Å². The first kappa shape index (κ1) is 5.34. The summed E-state index contributed by atoms with van der Waals surface area (Å²) < 4.78 is 0. The lowest BCUT2D eigenvalue weighted by Gasteiger charge is -2.47. The van der Waals surface area contributed by atoms with Crippen LogP contribution in [0.25, 0.3) is 0 Å². The standard InChI is InChI=1S/C10H13N/c1-6-2-8-3-7(1)5-10(4-6)9(8)11-10/h6-8H,1-5H2. The molecule has 5 aliphatic rings. The maximum absolute atomic E-state index is 4.75. The second-order valence-corrected chi connectivity index (χ2v) is 5.07. The first-order valence-electron chi connectivity index (χ1n) is 4.96. The minimum Gasteiger partial charge on any atom is -0.279 e. The Labute approximate surface area is 66.9 Å². The summed E-state index contributed by atoms with van der Waals surface area (Å²) in [6, 6.07) is 0. The molecule has 0 amide bonds. The van der Waals surface area contributed by atoms with Gasteiger partial charge in [0.25, 0.3) is 0 Å². The third-order valence-corrected chi connectivity index (χ3v) is 4.30. The lowest BCUT2D eigenvalue weighted by atomic mass is 9.56. The van der Waals surface area contributed by atoms with Crippen molar-refractivity contribution in [2.24, 2.45) is 22.7 Å². The van der Waals surface area contributed by atoms with Gasteiger partial charge in [0.2, 0.25) is 0 Å². The molecular formula is C10H13N. The van der Waals surface area contributed by atoms with E-state index in [4.69, 9.17) is 4.99 Å². The first-order valence-corrected chi connectivity index (χ1v) is 4.96. The fourth-order valence-corrected chi connectivity index (χ4v) is 4.13. The van der Waals surface area contributed by atoms with Gasteiger partial charge in [0.05, 0.1) is 5.54 Å². The van der Waals surface area contributed by atoms with Crippen molar-refractivity contribution in [1.82, 2.24) is 0 Å². The molecule has 1 heteroatoms. The molecule has 0 N–H and O–H groups in total. The number of aliphatic imine (C=N–C) groups is 1. The van der Waals surface area contributed by atoms with Crippen LogP contribution in [0.4, 0.5) is 0 Å². The summed E-state index contributed by atoms with van der Waals surface area (Å²) in [5.74, 6) is 3.10. The molecule has 4 aliphatic carbocycles. The van der Waals surface area contributed by atoms with Gasteiger partial charge in [-0.3, -0.25) is 4.99 Å². The maximum atomic E-state index is 4.75. The van der Waals surface area contributed by atoms with E-state index in [1.165, 1.54) is 25.7 Å². The highest BCUT2D eigenvalue weighted by Crippen LogP contribution is 2.61. The Bertz CT molecular complexity index is 252. The highest BCUT2D eigenvalue weighted by molar-refractivity contribution is 6.08. The molecule has 4 fully saturated rings. The summed E-state index contributed by atoms with van der Waals surface area (Å²) in [5.41, 5.74) is 2.15. The average molecular weight is 147 g/mol. The van der Waals surface area contributed by atoms with Crippen LogP contribution >= 0.6 is 0 Å². The van der Waals surface area contributed by atoms with Crippen molar-refractivity contribution in [1.29, 1.82) is 0 Å². The largest absolute Gasteiger partial charge is 0.279 e. The number of nitrogens with zero attached hydrogens (tertiary/aromatic N) is 1. The Hall–Kier alpha value is -0.330. The normalized spacial score (nSPS) is 62.5. The summed E-state index contributed by atoms with van der Waals surface area (Å²) in [6.07, 6.45) is 7.42. The summed E-state index contributed by atoms with van der Waals surface area (Å²) >= 11 is 0. The van der Waals surface area contributed by atoms with Gasteiger partial charge in [0.1, 0.15) is 0 Å². The Balaban J connectivity index is 1.86. The Kier molecular flexibility index (Phi) is 0.630.